The van der Waals surface area contributed by atoms with Crippen LogP contribution in [0.3, 0.4) is 0 Å². The van der Waals surface area contributed by atoms with Crippen LogP contribution in [0.1, 0.15) is 40.4 Å². The Labute approximate surface area is 118 Å². The molecule has 0 N–H and O–H groups in total. The molecular formula is C14H21NO3S. The van der Waals surface area contributed by atoms with E-state index in [1.807, 2.05) is 26.8 Å². The van der Waals surface area contributed by atoms with Gasteiger partial charge >= 0.3 is 5.97 Å². The highest BCUT2D eigenvalue weighted by atomic mass is 32.1. The standard InChI is InChI=1S/C14H21NO3S/c1-5-7-15(9-13(16)18-6-2)14(17)12-8-10(3)11(4)19-12/h8H,5-7,9H2,1-4H3. The van der Waals surface area contributed by atoms with Crippen LogP contribution in [-0.2, 0) is 9.53 Å². The fraction of sp³-hybridized carbons (Fsp3) is 0.571. The molecule has 0 aliphatic heterocycles. The molecule has 0 atom stereocenters. The summed E-state index contributed by atoms with van der Waals surface area (Å²) in [7, 11) is 0. The van der Waals surface area contributed by atoms with Gasteiger partial charge in [-0.2, -0.15) is 0 Å². The molecule has 0 spiro atoms. The van der Waals surface area contributed by atoms with Gasteiger partial charge in [-0.05, 0) is 38.8 Å². The van der Waals surface area contributed by atoms with E-state index in [9.17, 15) is 9.59 Å². The number of carbonyl (C=O) groups is 2. The Morgan fingerprint density at radius 2 is 2.00 bits per heavy atom. The second-order valence-corrected chi connectivity index (χ2v) is 5.64. The van der Waals surface area contributed by atoms with Crippen molar-refractivity contribution in [2.75, 3.05) is 19.7 Å². The fourth-order valence-corrected chi connectivity index (χ4v) is 2.72. The van der Waals surface area contributed by atoms with E-state index in [1.54, 1.807) is 11.8 Å². The van der Waals surface area contributed by atoms with Gasteiger partial charge < -0.3 is 9.64 Å². The average molecular weight is 283 g/mol. The molecule has 1 aromatic rings. The van der Waals surface area contributed by atoms with Crippen LogP contribution >= 0.6 is 11.3 Å². The maximum atomic E-state index is 12.4. The Bertz CT molecular complexity index is 434. The van der Waals surface area contributed by atoms with Crippen molar-refractivity contribution in [3.05, 3.63) is 21.4 Å². The second-order valence-electron chi connectivity index (χ2n) is 4.38. The topological polar surface area (TPSA) is 46.6 Å². The molecule has 1 aromatic heterocycles. The highest BCUT2D eigenvalue weighted by Crippen LogP contribution is 2.22. The molecule has 0 saturated heterocycles. The summed E-state index contributed by atoms with van der Waals surface area (Å²) < 4.78 is 4.90. The van der Waals surface area contributed by atoms with Crippen molar-refractivity contribution in [2.24, 2.45) is 0 Å². The van der Waals surface area contributed by atoms with E-state index in [0.29, 0.717) is 18.0 Å². The summed E-state index contributed by atoms with van der Waals surface area (Å²) in [5.41, 5.74) is 1.11. The number of hydrogen-bond donors (Lipinski definition) is 0. The monoisotopic (exact) mass is 283 g/mol. The van der Waals surface area contributed by atoms with E-state index in [-0.39, 0.29) is 18.4 Å². The number of thiophene rings is 1. The number of esters is 1. The predicted molar refractivity (Wildman–Crippen MR) is 76.6 cm³/mol. The lowest BCUT2D eigenvalue weighted by Crippen LogP contribution is -2.36. The zero-order valence-corrected chi connectivity index (χ0v) is 12.8. The summed E-state index contributed by atoms with van der Waals surface area (Å²) in [5, 5.41) is 0. The third kappa shape index (κ3) is 4.35. The molecule has 1 heterocycles. The number of hydrogen-bond acceptors (Lipinski definition) is 4. The molecule has 0 unspecified atom stereocenters. The van der Waals surface area contributed by atoms with Gasteiger partial charge in [-0.15, -0.1) is 11.3 Å². The first-order valence-corrected chi connectivity index (χ1v) is 7.33. The van der Waals surface area contributed by atoms with Crippen LogP contribution in [0.15, 0.2) is 6.07 Å². The Morgan fingerprint density at radius 3 is 2.47 bits per heavy atom. The largest absolute Gasteiger partial charge is 0.465 e. The quantitative estimate of drug-likeness (QED) is 0.754. The number of rotatable bonds is 6. The van der Waals surface area contributed by atoms with Crippen molar-refractivity contribution in [3.8, 4) is 0 Å². The molecule has 4 nitrogen and oxygen atoms in total. The zero-order valence-electron chi connectivity index (χ0n) is 12.0. The molecule has 0 saturated carbocycles. The van der Waals surface area contributed by atoms with E-state index < -0.39 is 0 Å². The third-order valence-corrected chi connectivity index (χ3v) is 3.92. The van der Waals surface area contributed by atoms with Crippen molar-refractivity contribution in [1.29, 1.82) is 0 Å². The van der Waals surface area contributed by atoms with Crippen LogP contribution in [-0.4, -0.2) is 36.5 Å². The summed E-state index contributed by atoms with van der Waals surface area (Å²) >= 11 is 1.47. The van der Waals surface area contributed by atoms with Crippen molar-refractivity contribution in [2.45, 2.75) is 34.1 Å². The first kappa shape index (κ1) is 15.7. The van der Waals surface area contributed by atoms with Crippen LogP contribution in [0.25, 0.3) is 0 Å². The van der Waals surface area contributed by atoms with Gasteiger partial charge in [0, 0.05) is 11.4 Å². The van der Waals surface area contributed by atoms with E-state index in [0.717, 1.165) is 16.9 Å². The van der Waals surface area contributed by atoms with Crippen LogP contribution in [0.4, 0.5) is 0 Å². The lowest BCUT2D eigenvalue weighted by atomic mass is 10.2. The summed E-state index contributed by atoms with van der Waals surface area (Å²) in [6.45, 7) is 8.64. The second kappa shape index (κ2) is 7.28. The number of nitrogens with zero attached hydrogens (tertiary/aromatic N) is 1. The van der Waals surface area contributed by atoms with E-state index in [2.05, 4.69) is 0 Å². The summed E-state index contributed by atoms with van der Waals surface area (Å²) in [4.78, 5) is 27.3. The zero-order chi connectivity index (χ0) is 14.4. The summed E-state index contributed by atoms with van der Waals surface area (Å²) in [6, 6.07) is 1.89. The van der Waals surface area contributed by atoms with Gasteiger partial charge in [-0.3, -0.25) is 9.59 Å². The van der Waals surface area contributed by atoms with Gasteiger partial charge in [0.05, 0.1) is 11.5 Å². The van der Waals surface area contributed by atoms with Crippen molar-refractivity contribution >= 4 is 23.2 Å². The summed E-state index contributed by atoms with van der Waals surface area (Å²) in [5.74, 6) is -0.439. The molecule has 0 aliphatic rings. The Hall–Kier alpha value is -1.36. The van der Waals surface area contributed by atoms with Gasteiger partial charge in [0.2, 0.25) is 0 Å². The maximum absolute atomic E-state index is 12.4. The molecule has 0 aliphatic carbocycles. The Morgan fingerprint density at radius 1 is 1.32 bits per heavy atom. The molecule has 0 radical (unpaired) electrons. The molecule has 1 amide bonds. The molecule has 5 heteroatoms. The minimum Gasteiger partial charge on any atom is -0.465 e. The predicted octanol–water partition coefficient (Wildman–Crippen LogP) is 2.78. The van der Waals surface area contributed by atoms with Crippen LogP contribution in [0.2, 0.25) is 0 Å². The van der Waals surface area contributed by atoms with Crippen molar-refractivity contribution < 1.29 is 14.3 Å². The molecular weight excluding hydrogens is 262 g/mol. The highest BCUT2D eigenvalue weighted by molar-refractivity contribution is 7.14. The van der Waals surface area contributed by atoms with Gasteiger partial charge in [-0.25, -0.2) is 0 Å². The molecule has 0 bridgehead atoms. The normalized spacial score (nSPS) is 10.3. The van der Waals surface area contributed by atoms with Gasteiger partial charge in [-0.1, -0.05) is 6.92 Å². The molecule has 106 valence electrons. The fourth-order valence-electron chi connectivity index (χ4n) is 1.72. The maximum Gasteiger partial charge on any atom is 0.325 e. The molecule has 19 heavy (non-hydrogen) atoms. The van der Waals surface area contributed by atoms with E-state index in [4.69, 9.17) is 4.74 Å². The smallest absolute Gasteiger partial charge is 0.325 e. The first-order chi connectivity index (χ1) is 8.99. The minimum absolute atomic E-state index is 0.0243. The van der Waals surface area contributed by atoms with Gasteiger partial charge in [0.1, 0.15) is 6.54 Å². The lowest BCUT2D eigenvalue weighted by molar-refractivity contribution is -0.143. The molecule has 0 fully saturated rings. The average Bonchev–Trinajstić information content (AvgIpc) is 2.68. The third-order valence-electron chi connectivity index (χ3n) is 2.78. The number of amides is 1. The van der Waals surface area contributed by atoms with Crippen LogP contribution < -0.4 is 0 Å². The SMILES string of the molecule is CCCN(CC(=O)OCC)C(=O)c1cc(C)c(C)s1. The van der Waals surface area contributed by atoms with Crippen LogP contribution in [0.5, 0.6) is 0 Å². The highest BCUT2D eigenvalue weighted by Gasteiger charge is 2.20. The lowest BCUT2D eigenvalue weighted by Gasteiger charge is -2.20. The Kier molecular flexibility index (Phi) is 6.02. The number of ether oxygens (including phenoxy) is 1. The number of aryl methyl sites for hydroxylation is 2. The number of carbonyl (C=O) groups excluding carboxylic acids is 2. The van der Waals surface area contributed by atoms with Gasteiger partial charge in [0.15, 0.2) is 0 Å². The Balaban J connectivity index is 2.80. The molecule has 1 rings (SSSR count). The van der Waals surface area contributed by atoms with Crippen molar-refractivity contribution in [1.82, 2.24) is 4.90 Å². The van der Waals surface area contributed by atoms with E-state index in [1.165, 1.54) is 11.3 Å². The first-order valence-electron chi connectivity index (χ1n) is 6.51. The summed E-state index contributed by atoms with van der Waals surface area (Å²) in [6.07, 6.45) is 0.814. The minimum atomic E-state index is -0.352. The molecule has 0 aromatic carbocycles. The van der Waals surface area contributed by atoms with E-state index >= 15 is 0 Å². The van der Waals surface area contributed by atoms with Gasteiger partial charge in [0.25, 0.3) is 5.91 Å². The van der Waals surface area contributed by atoms with Crippen molar-refractivity contribution in [3.63, 3.8) is 0 Å². The van der Waals surface area contributed by atoms with Crippen LogP contribution in [0, 0.1) is 13.8 Å².